The molecule has 2 saturated heterocycles. The van der Waals surface area contributed by atoms with Crippen LogP contribution in [0.4, 0.5) is 26.3 Å². The molecule has 0 amide bonds. The Labute approximate surface area is 206 Å². The number of hydrogen-bond donors (Lipinski definition) is 2. The van der Waals surface area contributed by atoms with Crippen LogP contribution in [-0.2, 0) is 20.9 Å². The molecular formula is C22H23F6N3O6. The molecular weight excluding hydrogens is 516 g/mol. The summed E-state index contributed by atoms with van der Waals surface area (Å²) in [5.74, 6) is -4.15. The van der Waals surface area contributed by atoms with Crippen LogP contribution < -0.4 is 4.74 Å². The minimum atomic E-state index is -5.08. The van der Waals surface area contributed by atoms with Gasteiger partial charge in [-0.3, -0.25) is 14.9 Å². The zero-order valence-corrected chi connectivity index (χ0v) is 19.1. The standard InChI is InChI=1S/C18H21N3O2.2C2HF3O2/c1-2-7-20-16(4-1)10-21-9-15-11-22-13-18(15,12-21)14-23-17-5-3-6-19-8-17;2*3-2(4,5)1(6)7/h1-8,15H,9-14H2;2*(H,6,7)/t15-,18+;;/m1../s1. The second-order valence-electron chi connectivity index (χ2n) is 8.15. The average molecular weight is 539 g/mol. The van der Waals surface area contributed by atoms with Gasteiger partial charge in [0, 0.05) is 43.4 Å². The highest BCUT2D eigenvalue weighted by molar-refractivity contribution is 5.73. The van der Waals surface area contributed by atoms with Crippen molar-refractivity contribution >= 4 is 11.9 Å². The van der Waals surface area contributed by atoms with Gasteiger partial charge in [0.05, 0.1) is 31.7 Å². The van der Waals surface area contributed by atoms with Gasteiger partial charge in [-0.25, -0.2) is 9.59 Å². The van der Waals surface area contributed by atoms with E-state index in [4.69, 9.17) is 29.3 Å². The van der Waals surface area contributed by atoms with Gasteiger partial charge in [-0.15, -0.1) is 0 Å². The molecule has 2 aromatic rings. The number of rotatable bonds is 5. The number of hydrogen-bond acceptors (Lipinski definition) is 7. The van der Waals surface area contributed by atoms with Crippen molar-refractivity contribution in [1.82, 2.24) is 14.9 Å². The van der Waals surface area contributed by atoms with Crippen LogP contribution in [0.5, 0.6) is 5.75 Å². The summed E-state index contributed by atoms with van der Waals surface area (Å²) >= 11 is 0. The number of nitrogens with zero attached hydrogens (tertiary/aromatic N) is 3. The number of fused-ring (bicyclic) bond motifs is 1. The van der Waals surface area contributed by atoms with E-state index >= 15 is 0 Å². The highest BCUT2D eigenvalue weighted by atomic mass is 19.4. The van der Waals surface area contributed by atoms with Crippen LogP contribution in [-0.4, -0.2) is 82.3 Å². The van der Waals surface area contributed by atoms with Crippen LogP contribution >= 0.6 is 0 Å². The molecule has 0 aliphatic carbocycles. The number of halogens is 6. The van der Waals surface area contributed by atoms with E-state index < -0.39 is 24.3 Å². The van der Waals surface area contributed by atoms with E-state index in [-0.39, 0.29) is 5.41 Å². The minimum absolute atomic E-state index is 0.0879. The Bertz CT molecular complexity index is 985. The largest absolute Gasteiger partial charge is 0.491 e. The summed E-state index contributed by atoms with van der Waals surface area (Å²) in [5, 5.41) is 14.2. The minimum Gasteiger partial charge on any atom is -0.491 e. The number of carboxylic acid groups (broad SMARTS) is 2. The average Bonchev–Trinajstić information content (AvgIpc) is 3.35. The molecule has 9 nitrogen and oxygen atoms in total. The predicted octanol–water partition coefficient (Wildman–Crippen LogP) is 3.27. The van der Waals surface area contributed by atoms with Gasteiger partial charge in [-0.1, -0.05) is 6.07 Å². The van der Waals surface area contributed by atoms with E-state index in [2.05, 4.69) is 20.9 Å². The molecule has 15 heteroatoms. The lowest BCUT2D eigenvalue weighted by atomic mass is 9.82. The highest BCUT2D eigenvalue weighted by Gasteiger charge is 2.51. The summed E-state index contributed by atoms with van der Waals surface area (Å²) in [6.07, 6.45) is -4.78. The predicted molar refractivity (Wildman–Crippen MR) is 113 cm³/mol. The number of pyridine rings is 2. The van der Waals surface area contributed by atoms with Crippen LogP contribution in [0.1, 0.15) is 5.69 Å². The van der Waals surface area contributed by atoms with Gasteiger partial charge in [-0.05, 0) is 24.3 Å². The number of aromatic nitrogens is 2. The Kier molecular flexibility index (Phi) is 10.2. The first-order chi connectivity index (χ1) is 17.2. The van der Waals surface area contributed by atoms with Gasteiger partial charge in [0.25, 0.3) is 0 Å². The number of alkyl halides is 6. The molecule has 0 spiro atoms. The van der Waals surface area contributed by atoms with Crippen molar-refractivity contribution in [1.29, 1.82) is 0 Å². The fourth-order valence-electron chi connectivity index (χ4n) is 3.65. The fraction of sp³-hybridized carbons (Fsp3) is 0.455. The number of likely N-dealkylation sites (tertiary alicyclic amines) is 1. The molecule has 0 saturated carbocycles. The number of aliphatic carboxylic acids is 2. The van der Waals surface area contributed by atoms with Crippen molar-refractivity contribution in [2.75, 3.05) is 32.9 Å². The first-order valence-electron chi connectivity index (χ1n) is 10.6. The molecule has 2 fully saturated rings. The SMILES string of the molecule is O=C(O)C(F)(F)F.O=C(O)C(F)(F)F.c1ccc(CN2C[C@@H]3COC[C@]3(COc3cccnc3)C2)nc1. The molecule has 2 aromatic heterocycles. The molecule has 2 aliphatic rings. The maximum absolute atomic E-state index is 10.6. The van der Waals surface area contributed by atoms with E-state index in [0.29, 0.717) is 12.5 Å². The lowest BCUT2D eigenvalue weighted by molar-refractivity contribution is -0.193. The summed E-state index contributed by atoms with van der Waals surface area (Å²) in [4.78, 5) is 28.8. The number of carboxylic acids is 2. The Balaban J connectivity index is 0.000000286. The van der Waals surface area contributed by atoms with E-state index in [9.17, 15) is 26.3 Å². The maximum atomic E-state index is 10.6. The van der Waals surface area contributed by atoms with Crippen molar-refractivity contribution in [3.05, 3.63) is 54.6 Å². The lowest BCUT2D eigenvalue weighted by Gasteiger charge is -2.27. The monoisotopic (exact) mass is 539 g/mol. The fourth-order valence-corrected chi connectivity index (χ4v) is 3.65. The molecule has 0 radical (unpaired) electrons. The number of ether oxygens (including phenoxy) is 2. The summed E-state index contributed by atoms with van der Waals surface area (Å²) in [5.41, 5.74) is 1.21. The van der Waals surface area contributed by atoms with Crippen LogP contribution in [0.3, 0.4) is 0 Å². The quantitative estimate of drug-likeness (QED) is 0.552. The van der Waals surface area contributed by atoms with Gasteiger partial charge in [0.15, 0.2) is 0 Å². The zero-order valence-electron chi connectivity index (χ0n) is 19.1. The van der Waals surface area contributed by atoms with Crippen molar-refractivity contribution in [2.24, 2.45) is 11.3 Å². The Morgan fingerprint density at radius 2 is 1.70 bits per heavy atom. The summed E-state index contributed by atoms with van der Waals surface area (Å²) in [6.45, 7) is 5.22. The highest BCUT2D eigenvalue weighted by Crippen LogP contribution is 2.42. The second-order valence-corrected chi connectivity index (χ2v) is 8.15. The molecule has 2 aliphatic heterocycles. The van der Waals surface area contributed by atoms with Gasteiger partial charge in [0.1, 0.15) is 5.75 Å². The van der Waals surface area contributed by atoms with Crippen LogP contribution in [0.15, 0.2) is 48.9 Å². The van der Waals surface area contributed by atoms with Gasteiger partial charge >= 0.3 is 24.3 Å². The molecule has 0 aromatic carbocycles. The smallest absolute Gasteiger partial charge is 0.490 e. The topological polar surface area (TPSA) is 122 Å². The molecule has 0 bridgehead atoms. The second kappa shape index (κ2) is 12.7. The Hall–Kier alpha value is -3.46. The zero-order chi connectivity index (χ0) is 27.7. The first kappa shape index (κ1) is 29.8. The van der Waals surface area contributed by atoms with Gasteiger partial charge in [0.2, 0.25) is 0 Å². The van der Waals surface area contributed by atoms with Crippen LogP contribution in [0.25, 0.3) is 0 Å². The third kappa shape index (κ3) is 9.49. The van der Waals surface area contributed by atoms with Crippen LogP contribution in [0, 0.1) is 11.3 Å². The van der Waals surface area contributed by atoms with Crippen molar-refractivity contribution < 1.29 is 55.6 Å². The van der Waals surface area contributed by atoms with E-state index in [1.807, 2.05) is 30.5 Å². The summed E-state index contributed by atoms with van der Waals surface area (Å²) < 4.78 is 75.2. The Morgan fingerprint density at radius 1 is 1.05 bits per heavy atom. The summed E-state index contributed by atoms with van der Waals surface area (Å²) in [7, 11) is 0. The molecule has 204 valence electrons. The third-order valence-electron chi connectivity index (χ3n) is 5.35. The lowest BCUT2D eigenvalue weighted by Crippen LogP contribution is -2.36. The number of carbonyl (C=O) groups is 2. The molecule has 2 N–H and O–H groups in total. The van der Waals surface area contributed by atoms with Crippen molar-refractivity contribution in [3.8, 4) is 5.75 Å². The normalized spacial score (nSPS) is 21.1. The van der Waals surface area contributed by atoms with Crippen LogP contribution in [0.2, 0.25) is 0 Å². The third-order valence-corrected chi connectivity index (χ3v) is 5.35. The van der Waals surface area contributed by atoms with E-state index in [0.717, 1.165) is 44.3 Å². The molecule has 4 rings (SSSR count). The van der Waals surface area contributed by atoms with Gasteiger partial charge < -0.3 is 19.7 Å². The van der Waals surface area contributed by atoms with Crippen molar-refractivity contribution in [3.63, 3.8) is 0 Å². The molecule has 2 atom stereocenters. The molecule has 37 heavy (non-hydrogen) atoms. The van der Waals surface area contributed by atoms with E-state index in [1.165, 1.54) is 0 Å². The Morgan fingerprint density at radius 3 is 2.22 bits per heavy atom. The summed E-state index contributed by atoms with van der Waals surface area (Å²) in [6, 6.07) is 9.94. The first-order valence-corrected chi connectivity index (χ1v) is 10.6. The molecule has 4 heterocycles. The van der Waals surface area contributed by atoms with E-state index in [1.54, 1.807) is 12.4 Å². The molecule has 0 unspecified atom stereocenters. The maximum Gasteiger partial charge on any atom is 0.490 e. The van der Waals surface area contributed by atoms with Crippen molar-refractivity contribution in [2.45, 2.75) is 18.9 Å². The van der Waals surface area contributed by atoms with Gasteiger partial charge in [-0.2, -0.15) is 26.3 Å².